The Labute approximate surface area is 112 Å². The molecule has 2 aromatic rings. The Bertz CT molecular complexity index is 608. The van der Waals surface area contributed by atoms with Gasteiger partial charge in [0.15, 0.2) is 0 Å². The molecule has 4 N–H and O–H groups in total. The zero-order valence-corrected chi connectivity index (χ0v) is 11.0. The summed E-state index contributed by atoms with van der Waals surface area (Å²) in [6, 6.07) is 12.8. The minimum absolute atomic E-state index is 0.251. The van der Waals surface area contributed by atoms with Gasteiger partial charge in [-0.15, -0.1) is 0 Å². The number of hydrogen-bond acceptors (Lipinski definition) is 3. The van der Waals surface area contributed by atoms with Gasteiger partial charge in [-0.1, -0.05) is 24.3 Å². The minimum atomic E-state index is -0.251. The molecule has 19 heavy (non-hydrogen) atoms. The maximum Gasteiger partial charge on any atom is 0.271 e. The van der Waals surface area contributed by atoms with E-state index in [1.807, 2.05) is 32.0 Å². The highest BCUT2D eigenvalue weighted by Gasteiger charge is 2.08. The molecule has 0 bridgehead atoms. The average molecular weight is 255 g/mol. The molecule has 0 aliphatic heterocycles. The van der Waals surface area contributed by atoms with E-state index in [0.717, 1.165) is 11.3 Å². The predicted molar refractivity (Wildman–Crippen MR) is 77.9 cm³/mol. The summed E-state index contributed by atoms with van der Waals surface area (Å²) in [5.41, 5.74) is 15.4. The molecule has 0 aliphatic carbocycles. The van der Waals surface area contributed by atoms with Crippen LogP contribution in [0.5, 0.6) is 0 Å². The molecule has 0 heterocycles. The number of rotatable bonds is 3. The van der Waals surface area contributed by atoms with Gasteiger partial charge in [0, 0.05) is 5.69 Å². The molecule has 4 heteroatoms. The van der Waals surface area contributed by atoms with Crippen LogP contribution in [0, 0.1) is 13.8 Å². The van der Waals surface area contributed by atoms with Crippen LogP contribution in [0.2, 0.25) is 0 Å². The first-order valence-electron chi connectivity index (χ1n) is 6.06. The lowest BCUT2D eigenvalue weighted by Crippen LogP contribution is -2.30. The van der Waals surface area contributed by atoms with E-state index in [9.17, 15) is 4.79 Å². The summed E-state index contributed by atoms with van der Waals surface area (Å²) in [4.78, 5) is 12.0. The Morgan fingerprint density at radius 3 is 2.53 bits per heavy atom. The number of amides is 1. The SMILES string of the molecule is Cc1cccc(NNC(=O)c2ccccc2N)c1C. The second-order valence-electron chi connectivity index (χ2n) is 4.41. The number of nitrogens with one attached hydrogen (secondary N) is 2. The van der Waals surface area contributed by atoms with Crippen molar-refractivity contribution in [2.45, 2.75) is 13.8 Å². The number of hydrazine groups is 1. The van der Waals surface area contributed by atoms with Gasteiger partial charge < -0.3 is 5.73 Å². The summed E-state index contributed by atoms with van der Waals surface area (Å²) in [5, 5.41) is 0. The molecule has 98 valence electrons. The normalized spacial score (nSPS) is 10.0. The highest BCUT2D eigenvalue weighted by atomic mass is 16.2. The summed E-state index contributed by atoms with van der Waals surface area (Å²) < 4.78 is 0. The molecule has 0 saturated heterocycles. The Morgan fingerprint density at radius 1 is 1.05 bits per heavy atom. The summed E-state index contributed by atoms with van der Waals surface area (Å²) in [5.74, 6) is -0.251. The maximum absolute atomic E-state index is 12.0. The number of nitrogen functional groups attached to an aromatic ring is 1. The van der Waals surface area contributed by atoms with Crippen LogP contribution in [0.1, 0.15) is 21.5 Å². The first-order chi connectivity index (χ1) is 9.09. The Hall–Kier alpha value is -2.49. The molecule has 0 spiro atoms. The second-order valence-corrected chi connectivity index (χ2v) is 4.41. The summed E-state index contributed by atoms with van der Waals surface area (Å²) in [6.07, 6.45) is 0. The summed E-state index contributed by atoms with van der Waals surface area (Å²) in [7, 11) is 0. The van der Waals surface area contributed by atoms with Crippen molar-refractivity contribution < 1.29 is 4.79 Å². The standard InChI is InChI=1S/C15H17N3O/c1-10-6-5-9-14(11(10)2)17-18-15(19)12-7-3-4-8-13(12)16/h3-9,17H,16H2,1-2H3,(H,18,19). The highest BCUT2D eigenvalue weighted by molar-refractivity contribution is 5.99. The van der Waals surface area contributed by atoms with Crippen LogP contribution in [-0.4, -0.2) is 5.91 Å². The van der Waals surface area contributed by atoms with E-state index in [1.165, 1.54) is 5.56 Å². The van der Waals surface area contributed by atoms with Crippen molar-refractivity contribution in [2.75, 3.05) is 11.2 Å². The number of carbonyl (C=O) groups is 1. The molecular formula is C15H17N3O. The van der Waals surface area contributed by atoms with E-state index < -0.39 is 0 Å². The van der Waals surface area contributed by atoms with Crippen molar-refractivity contribution in [2.24, 2.45) is 0 Å². The molecular weight excluding hydrogens is 238 g/mol. The molecule has 1 amide bonds. The monoisotopic (exact) mass is 255 g/mol. The lowest BCUT2D eigenvalue weighted by molar-refractivity contribution is 0.0963. The van der Waals surface area contributed by atoms with Gasteiger partial charge in [0.05, 0.1) is 11.3 Å². The highest BCUT2D eigenvalue weighted by Crippen LogP contribution is 2.17. The summed E-state index contributed by atoms with van der Waals surface area (Å²) >= 11 is 0. The van der Waals surface area contributed by atoms with Gasteiger partial charge in [0.25, 0.3) is 5.91 Å². The van der Waals surface area contributed by atoms with Crippen molar-refractivity contribution in [1.29, 1.82) is 0 Å². The third kappa shape index (κ3) is 2.85. The van der Waals surface area contributed by atoms with Crippen LogP contribution in [0.25, 0.3) is 0 Å². The van der Waals surface area contributed by atoms with Gasteiger partial charge in [-0.3, -0.25) is 15.6 Å². The van der Waals surface area contributed by atoms with Crippen LogP contribution in [-0.2, 0) is 0 Å². The van der Waals surface area contributed by atoms with E-state index in [4.69, 9.17) is 5.73 Å². The smallest absolute Gasteiger partial charge is 0.271 e. The second kappa shape index (κ2) is 5.44. The maximum atomic E-state index is 12.0. The number of nitrogens with two attached hydrogens (primary N) is 1. The van der Waals surface area contributed by atoms with Crippen molar-refractivity contribution in [3.05, 3.63) is 59.2 Å². The quantitative estimate of drug-likeness (QED) is 0.583. The average Bonchev–Trinajstić information content (AvgIpc) is 2.40. The Morgan fingerprint density at radius 2 is 1.79 bits per heavy atom. The Kier molecular flexibility index (Phi) is 3.71. The Balaban J connectivity index is 2.09. The number of carbonyl (C=O) groups excluding carboxylic acids is 1. The third-order valence-corrected chi connectivity index (χ3v) is 3.12. The molecule has 4 nitrogen and oxygen atoms in total. The molecule has 0 fully saturated rings. The first-order valence-corrected chi connectivity index (χ1v) is 6.06. The fourth-order valence-corrected chi connectivity index (χ4v) is 1.78. The van der Waals surface area contributed by atoms with Crippen molar-refractivity contribution in [1.82, 2.24) is 5.43 Å². The predicted octanol–water partition coefficient (Wildman–Crippen LogP) is 2.64. The molecule has 0 aliphatic rings. The largest absolute Gasteiger partial charge is 0.398 e. The van der Waals surface area contributed by atoms with Crippen LogP contribution >= 0.6 is 0 Å². The molecule has 0 unspecified atom stereocenters. The summed E-state index contributed by atoms with van der Waals surface area (Å²) in [6.45, 7) is 4.03. The van der Waals surface area contributed by atoms with Crippen LogP contribution in [0.15, 0.2) is 42.5 Å². The molecule has 0 saturated carbocycles. The zero-order valence-electron chi connectivity index (χ0n) is 11.0. The van der Waals surface area contributed by atoms with E-state index >= 15 is 0 Å². The van der Waals surface area contributed by atoms with Crippen LogP contribution < -0.4 is 16.6 Å². The third-order valence-electron chi connectivity index (χ3n) is 3.12. The zero-order chi connectivity index (χ0) is 13.8. The first kappa shape index (κ1) is 13.0. The lowest BCUT2D eigenvalue weighted by Gasteiger charge is -2.13. The number of para-hydroxylation sites is 1. The van der Waals surface area contributed by atoms with Gasteiger partial charge in [-0.25, -0.2) is 0 Å². The molecule has 0 radical (unpaired) electrons. The van der Waals surface area contributed by atoms with Crippen LogP contribution in [0.4, 0.5) is 11.4 Å². The van der Waals surface area contributed by atoms with Gasteiger partial charge in [0.2, 0.25) is 0 Å². The number of benzene rings is 2. The van der Waals surface area contributed by atoms with E-state index in [1.54, 1.807) is 24.3 Å². The number of hydrogen-bond donors (Lipinski definition) is 3. The van der Waals surface area contributed by atoms with E-state index in [2.05, 4.69) is 10.9 Å². The van der Waals surface area contributed by atoms with Gasteiger partial charge in [-0.05, 0) is 43.2 Å². The topological polar surface area (TPSA) is 67.1 Å². The number of aryl methyl sites for hydroxylation is 1. The molecule has 2 aromatic carbocycles. The van der Waals surface area contributed by atoms with E-state index in [-0.39, 0.29) is 5.91 Å². The fraction of sp³-hybridized carbons (Fsp3) is 0.133. The van der Waals surface area contributed by atoms with Gasteiger partial charge in [-0.2, -0.15) is 0 Å². The van der Waals surface area contributed by atoms with Gasteiger partial charge in [0.1, 0.15) is 0 Å². The molecule has 0 aromatic heterocycles. The fourth-order valence-electron chi connectivity index (χ4n) is 1.78. The molecule has 2 rings (SSSR count). The van der Waals surface area contributed by atoms with E-state index in [0.29, 0.717) is 11.3 Å². The molecule has 0 atom stereocenters. The van der Waals surface area contributed by atoms with Gasteiger partial charge >= 0.3 is 0 Å². The lowest BCUT2D eigenvalue weighted by atomic mass is 10.1. The van der Waals surface area contributed by atoms with Crippen molar-refractivity contribution in [3.8, 4) is 0 Å². The van der Waals surface area contributed by atoms with Crippen LogP contribution in [0.3, 0.4) is 0 Å². The number of anilines is 2. The van der Waals surface area contributed by atoms with Crippen molar-refractivity contribution in [3.63, 3.8) is 0 Å². The minimum Gasteiger partial charge on any atom is -0.398 e. The van der Waals surface area contributed by atoms with Crippen molar-refractivity contribution >= 4 is 17.3 Å².